The Bertz CT molecular complexity index is 1020. The van der Waals surface area contributed by atoms with Crippen LogP contribution in [0.2, 0.25) is 0 Å². The number of aryl methyl sites for hydroxylation is 2. The molecule has 0 radical (unpaired) electrons. The topological polar surface area (TPSA) is 73.9 Å². The standard InChI is InChI=1S/C19H23N5OS/c1-4-14-8-15-17(21-11(2)22-19(15)26-14)20-9-12-7-13-10-24(3)6-5-16(13)23-18(12)25/h7-8H,4-6,9-10H2,1-3H3,(H,23,25)(H,20,21,22). The molecule has 0 saturated carbocycles. The lowest BCUT2D eigenvalue weighted by atomic mass is 10.0. The number of thiophene rings is 1. The molecular weight excluding hydrogens is 346 g/mol. The summed E-state index contributed by atoms with van der Waals surface area (Å²) in [6, 6.07) is 4.18. The van der Waals surface area contributed by atoms with Crippen LogP contribution >= 0.6 is 11.3 Å². The number of aromatic amines is 1. The van der Waals surface area contributed by atoms with Crippen molar-refractivity contribution in [1.29, 1.82) is 0 Å². The van der Waals surface area contributed by atoms with Gasteiger partial charge in [0.25, 0.3) is 5.56 Å². The van der Waals surface area contributed by atoms with Crippen LogP contribution in [0.5, 0.6) is 0 Å². The lowest BCUT2D eigenvalue weighted by molar-refractivity contribution is 0.309. The lowest BCUT2D eigenvalue weighted by Gasteiger charge is -2.24. The molecular formula is C19H23N5OS. The second-order valence-corrected chi connectivity index (χ2v) is 7.99. The van der Waals surface area contributed by atoms with Gasteiger partial charge in [0.2, 0.25) is 0 Å². The summed E-state index contributed by atoms with van der Waals surface area (Å²) in [5.41, 5.74) is 3.02. The van der Waals surface area contributed by atoms with Crippen LogP contribution in [0, 0.1) is 6.92 Å². The largest absolute Gasteiger partial charge is 0.365 e. The summed E-state index contributed by atoms with van der Waals surface area (Å²) in [5, 5.41) is 4.40. The van der Waals surface area contributed by atoms with Crippen molar-refractivity contribution in [3.8, 4) is 0 Å². The Hall–Kier alpha value is -2.25. The summed E-state index contributed by atoms with van der Waals surface area (Å²) in [7, 11) is 2.11. The van der Waals surface area contributed by atoms with E-state index < -0.39 is 0 Å². The monoisotopic (exact) mass is 369 g/mol. The van der Waals surface area contributed by atoms with Gasteiger partial charge in [-0.3, -0.25) is 4.79 Å². The van der Waals surface area contributed by atoms with Gasteiger partial charge in [0, 0.05) is 42.2 Å². The minimum absolute atomic E-state index is 0.0117. The molecule has 136 valence electrons. The molecule has 3 aromatic heterocycles. The SMILES string of the molecule is CCc1cc2c(NCc3cc4c([nH]c3=O)CCN(C)C4)nc(C)nc2s1. The first-order valence-corrected chi connectivity index (χ1v) is 9.78. The number of aromatic nitrogens is 3. The molecule has 6 nitrogen and oxygen atoms in total. The van der Waals surface area contributed by atoms with E-state index in [1.54, 1.807) is 11.3 Å². The Morgan fingerprint density at radius 3 is 3.00 bits per heavy atom. The van der Waals surface area contributed by atoms with Gasteiger partial charge in [-0.1, -0.05) is 6.92 Å². The van der Waals surface area contributed by atoms with Gasteiger partial charge in [-0.05, 0) is 38.1 Å². The Morgan fingerprint density at radius 2 is 2.19 bits per heavy atom. The summed E-state index contributed by atoms with van der Waals surface area (Å²) in [5.74, 6) is 1.54. The van der Waals surface area contributed by atoms with E-state index in [0.29, 0.717) is 6.54 Å². The van der Waals surface area contributed by atoms with Gasteiger partial charge in [-0.15, -0.1) is 11.3 Å². The number of anilines is 1. The van der Waals surface area contributed by atoms with Gasteiger partial charge in [-0.2, -0.15) is 0 Å². The number of fused-ring (bicyclic) bond motifs is 2. The first kappa shape index (κ1) is 17.2. The highest BCUT2D eigenvalue weighted by atomic mass is 32.1. The Kier molecular flexibility index (Phi) is 4.50. The average Bonchev–Trinajstić information content (AvgIpc) is 3.03. The fourth-order valence-corrected chi connectivity index (χ4v) is 4.41. The first-order valence-electron chi connectivity index (χ1n) is 8.97. The molecule has 2 N–H and O–H groups in total. The second kappa shape index (κ2) is 6.81. The third-order valence-electron chi connectivity index (χ3n) is 4.83. The third kappa shape index (κ3) is 3.24. The first-order chi connectivity index (χ1) is 12.5. The van der Waals surface area contributed by atoms with E-state index in [1.165, 1.54) is 10.4 Å². The highest BCUT2D eigenvalue weighted by Gasteiger charge is 2.16. The van der Waals surface area contributed by atoms with Gasteiger partial charge in [-0.25, -0.2) is 9.97 Å². The van der Waals surface area contributed by atoms with Crippen molar-refractivity contribution in [2.75, 3.05) is 18.9 Å². The molecule has 4 rings (SSSR count). The van der Waals surface area contributed by atoms with Gasteiger partial charge in [0.1, 0.15) is 16.5 Å². The van der Waals surface area contributed by atoms with E-state index in [-0.39, 0.29) is 5.56 Å². The van der Waals surface area contributed by atoms with Crippen LogP contribution in [0.1, 0.15) is 34.4 Å². The van der Waals surface area contributed by atoms with Crippen LogP contribution in [0.25, 0.3) is 10.2 Å². The number of H-pyrrole nitrogens is 1. The predicted molar refractivity (Wildman–Crippen MR) is 106 cm³/mol. The van der Waals surface area contributed by atoms with Gasteiger partial charge in [0.05, 0.1) is 5.39 Å². The predicted octanol–water partition coefficient (Wildman–Crippen LogP) is 2.85. The highest BCUT2D eigenvalue weighted by molar-refractivity contribution is 7.18. The van der Waals surface area contributed by atoms with Crippen molar-refractivity contribution in [3.63, 3.8) is 0 Å². The van der Waals surface area contributed by atoms with Crippen molar-refractivity contribution >= 4 is 27.4 Å². The van der Waals surface area contributed by atoms with Gasteiger partial charge in [0.15, 0.2) is 0 Å². The van der Waals surface area contributed by atoms with Crippen LogP contribution in [0.15, 0.2) is 16.9 Å². The number of nitrogens with zero attached hydrogens (tertiary/aromatic N) is 3. The molecule has 4 heterocycles. The molecule has 0 aromatic carbocycles. The Labute approximate surface area is 156 Å². The van der Waals surface area contributed by atoms with Crippen LogP contribution in [-0.2, 0) is 25.9 Å². The van der Waals surface area contributed by atoms with E-state index >= 15 is 0 Å². The molecule has 26 heavy (non-hydrogen) atoms. The molecule has 1 aliphatic rings. The maximum absolute atomic E-state index is 12.4. The van der Waals surface area contributed by atoms with E-state index in [9.17, 15) is 4.79 Å². The summed E-state index contributed by atoms with van der Waals surface area (Å²) in [6.07, 6.45) is 1.88. The fraction of sp³-hybridized carbons (Fsp3) is 0.421. The number of hydrogen-bond acceptors (Lipinski definition) is 6. The minimum atomic E-state index is -0.0117. The van der Waals surface area contributed by atoms with E-state index in [2.05, 4.69) is 45.2 Å². The molecule has 0 spiro atoms. The van der Waals surface area contributed by atoms with Crippen LogP contribution in [0.4, 0.5) is 5.82 Å². The summed E-state index contributed by atoms with van der Waals surface area (Å²) in [4.78, 5) is 29.1. The molecule has 0 amide bonds. The summed E-state index contributed by atoms with van der Waals surface area (Å²) in [6.45, 7) is 6.35. The van der Waals surface area contributed by atoms with Gasteiger partial charge < -0.3 is 15.2 Å². The number of hydrogen-bond donors (Lipinski definition) is 2. The van der Waals surface area contributed by atoms with Crippen molar-refractivity contribution in [2.45, 2.75) is 39.8 Å². The smallest absolute Gasteiger partial charge is 0.253 e. The maximum atomic E-state index is 12.4. The zero-order valence-corrected chi connectivity index (χ0v) is 16.2. The molecule has 0 unspecified atom stereocenters. The molecule has 7 heteroatoms. The molecule has 1 aliphatic heterocycles. The van der Waals surface area contributed by atoms with Crippen molar-refractivity contribution < 1.29 is 0 Å². The Balaban J connectivity index is 1.63. The highest BCUT2D eigenvalue weighted by Crippen LogP contribution is 2.29. The molecule has 0 bridgehead atoms. The van der Waals surface area contributed by atoms with Crippen molar-refractivity contribution in [3.05, 3.63) is 50.0 Å². The molecule has 0 saturated heterocycles. The molecule has 0 atom stereocenters. The second-order valence-electron chi connectivity index (χ2n) is 6.87. The van der Waals surface area contributed by atoms with E-state index in [4.69, 9.17) is 0 Å². The maximum Gasteiger partial charge on any atom is 0.253 e. The number of likely N-dealkylation sites (N-methyl/N-ethyl adjacent to an activating group) is 1. The van der Waals surface area contributed by atoms with E-state index in [1.807, 2.05) is 13.0 Å². The minimum Gasteiger partial charge on any atom is -0.365 e. The zero-order chi connectivity index (χ0) is 18.3. The number of rotatable bonds is 4. The van der Waals surface area contributed by atoms with E-state index in [0.717, 1.165) is 59.0 Å². The average molecular weight is 369 g/mol. The normalized spacial score (nSPS) is 14.6. The van der Waals surface area contributed by atoms with Crippen LogP contribution in [0.3, 0.4) is 0 Å². The summed E-state index contributed by atoms with van der Waals surface area (Å²) >= 11 is 1.70. The van der Waals surface area contributed by atoms with Gasteiger partial charge >= 0.3 is 0 Å². The summed E-state index contributed by atoms with van der Waals surface area (Å²) < 4.78 is 0. The molecule has 0 aliphatic carbocycles. The third-order valence-corrected chi connectivity index (χ3v) is 6.00. The number of pyridine rings is 1. The zero-order valence-electron chi connectivity index (χ0n) is 15.3. The Morgan fingerprint density at radius 1 is 1.35 bits per heavy atom. The fourth-order valence-electron chi connectivity index (χ4n) is 3.39. The van der Waals surface area contributed by atoms with Crippen LogP contribution in [-0.4, -0.2) is 33.4 Å². The number of nitrogens with one attached hydrogen (secondary N) is 2. The quantitative estimate of drug-likeness (QED) is 0.740. The molecule has 0 fully saturated rings. The van der Waals surface area contributed by atoms with Crippen molar-refractivity contribution in [2.24, 2.45) is 0 Å². The molecule has 3 aromatic rings. The van der Waals surface area contributed by atoms with Crippen LogP contribution < -0.4 is 10.9 Å². The van der Waals surface area contributed by atoms with Crippen molar-refractivity contribution in [1.82, 2.24) is 19.9 Å². The lowest BCUT2D eigenvalue weighted by Crippen LogP contribution is -2.30.